The Morgan fingerprint density at radius 2 is 1.74 bits per heavy atom. The van der Waals surface area contributed by atoms with Crippen molar-refractivity contribution < 1.29 is 0 Å². The summed E-state index contributed by atoms with van der Waals surface area (Å²) in [5.74, 6) is 0.778. The van der Waals surface area contributed by atoms with Crippen LogP contribution in [0.15, 0.2) is 88.9 Å². The van der Waals surface area contributed by atoms with Crippen LogP contribution in [-0.2, 0) is 19.5 Å². The van der Waals surface area contributed by atoms with Crippen LogP contribution in [0.3, 0.4) is 0 Å². The van der Waals surface area contributed by atoms with Crippen LogP contribution in [0.25, 0.3) is 10.9 Å². The molecule has 4 aromatic rings. The molecule has 0 saturated carbocycles. The van der Waals surface area contributed by atoms with Gasteiger partial charge in [-0.1, -0.05) is 48.5 Å². The standard InChI is InChI=1S/C25H27N5O/c1-26-25(27-14-13-21-17-28-23-7-3-2-6-22(21)23)29-16-19-9-11-20(12-10-19)18-30-15-5-4-8-24(30)31/h2-12,15,17,28H,13-14,16,18H2,1H3,(H2,26,27,29). The van der Waals surface area contributed by atoms with Gasteiger partial charge >= 0.3 is 0 Å². The lowest BCUT2D eigenvalue weighted by Crippen LogP contribution is -2.37. The number of aromatic amines is 1. The molecule has 0 radical (unpaired) electrons. The van der Waals surface area contributed by atoms with Crippen LogP contribution in [0, 0.1) is 0 Å². The third-order valence-corrected chi connectivity index (χ3v) is 5.32. The highest BCUT2D eigenvalue weighted by Crippen LogP contribution is 2.17. The van der Waals surface area contributed by atoms with E-state index in [0.717, 1.165) is 30.1 Å². The van der Waals surface area contributed by atoms with Crippen LogP contribution >= 0.6 is 0 Å². The van der Waals surface area contributed by atoms with E-state index in [0.29, 0.717) is 13.1 Å². The molecule has 0 bridgehead atoms. The molecule has 3 N–H and O–H groups in total. The minimum absolute atomic E-state index is 0.00996. The van der Waals surface area contributed by atoms with Gasteiger partial charge in [-0.2, -0.15) is 0 Å². The summed E-state index contributed by atoms with van der Waals surface area (Å²) in [7, 11) is 1.78. The van der Waals surface area contributed by atoms with Crippen LogP contribution in [0.4, 0.5) is 0 Å². The molecule has 0 atom stereocenters. The fourth-order valence-electron chi connectivity index (χ4n) is 3.61. The molecular weight excluding hydrogens is 386 g/mol. The predicted molar refractivity (Wildman–Crippen MR) is 126 cm³/mol. The predicted octanol–water partition coefficient (Wildman–Crippen LogP) is 3.29. The molecule has 6 nitrogen and oxygen atoms in total. The van der Waals surface area contributed by atoms with Gasteiger partial charge in [-0.05, 0) is 35.2 Å². The highest BCUT2D eigenvalue weighted by atomic mass is 16.1. The van der Waals surface area contributed by atoms with E-state index in [1.165, 1.54) is 16.5 Å². The number of nitrogens with one attached hydrogen (secondary N) is 3. The molecule has 0 amide bonds. The zero-order chi connectivity index (χ0) is 21.5. The largest absolute Gasteiger partial charge is 0.361 e. The first-order valence-electron chi connectivity index (χ1n) is 10.5. The van der Waals surface area contributed by atoms with Crippen molar-refractivity contribution in [3.8, 4) is 0 Å². The molecule has 0 fully saturated rings. The van der Waals surface area contributed by atoms with Crippen molar-refractivity contribution in [2.24, 2.45) is 4.99 Å². The first-order valence-corrected chi connectivity index (χ1v) is 10.5. The van der Waals surface area contributed by atoms with Gasteiger partial charge in [0, 0.05) is 49.5 Å². The number of nitrogens with zero attached hydrogens (tertiary/aromatic N) is 2. The third kappa shape index (κ3) is 5.22. The first kappa shape index (κ1) is 20.5. The van der Waals surface area contributed by atoms with Crippen LogP contribution in [-0.4, -0.2) is 29.1 Å². The fraction of sp³-hybridized carbons (Fsp3) is 0.200. The number of rotatable bonds is 7. The quantitative estimate of drug-likeness (QED) is 0.322. The van der Waals surface area contributed by atoms with E-state index in [1.54, 1.807) is 23.7 Å². The molecule has 0 saturated heterocycles. The Hall–Kier alpha value is -3.80. The Balaban J connectivity index is 1.26. The number of hydrogen-bond acceptors (Lipinski definition) is 2. The lowest BCUT2D eigenvalue weighted by molar-refractivity contribution is 0.758. The molecule has 31 heavy (non-hydrogen) atoms. The second-order valence-electron chi connectivity index (χ2n) is 7.45. The summed E-state index contributed by atoms with van der Waals surface area (Å²) in [6.07, 6.45) is 4.80. The van der Waals surface area contributed by atoms with Crippen LogP contribution in [0.5, 0.6) is 0 Å². The Kier molecular flexibility index (Phi) is 6.47. The number of aliphatic imine (C=N–C) groups is 1. The van der Waals surface area contributed by atoms with Gasteiger partial charge in [-0.3, -0.25) is 9.79 Å². The average molecular weight is 414 g/mol. The van der Waals surface area contributed by atoms with Gasteiger partial charge in [-0.25, -0.2) is 0 Å². The van der Waals surface area contributed by atoms with Crippen LogP contribution in [0.1, 0.15) is 16.7 Å². The van der Waals surface area contributed by atoms with Crippen molar-refractivity contribution in [2.45, 2.75) is 19.5 Å². The van der Waals surface area contributed by atoms with Crippen molar-refractivity contribution in [3.05, 3.63) is 106 Å². The smallest absolute Gasteiger partial charge is 0.250 e. The van der Waals surface area contributed by atoms with E-state index < -0.39 is 0 Å². The summed E-state index contributed by atoms with van der Waals surface area (Å²) in [5.41, 5.74) is 4.73. The van der Waals surface area contributed by atoms with Gasteiger partial charge < -0.3 is 20.2 Å². The Morgan fingerprint density at radius 3 is 2.55 bits per heavy atom. The normalized spacial score (nSPS) is 11.6. The molecule has 0 spiro atoms. The molecule has 158 valence electrons. The zero-order valence-electron chi connectivity index (χ0n) is 17.6. The summed E-state index contributed by atoms with van der Waals surface area (Å²) in [6.45, 7) is 2.05. The van der Waals surface area contributed by atoms with Crippen molar-refractivity contribution in [3.63, 3.8) is 0 Å². The van der Waals surface area contributed by atoms with E-state index in [4.69, 9.17) is 0 Å². The van der Waals surface area contributed by atoms with Crippen molar-refractivity contribution in [2.75, 3.05) is 13.6 Å². The second-order valence-corrected chi connectivity index (χ2v) is 7.45. The van der Waals surface area contributed by atoms with Gasteiger partial charge in [0.05, 0.1) is 6.54 Å². The van der Waals surface area contributed by atoms with Crippen molar-refractivity contribution in [1.82, 2.24) is 20.2 Å². The highest BCUT2D eigenvalue weighted by Gasteiger charge is 2.04. The monoisotopic (exact) mass is 413 g/mol. The van der Waals surface area contributed by atoms with Crippen molar-refractivity contribution >= 4 is 16.9 Å². The van der Waals surface area contributed by atoms with E-state index in [9.17, 15) is 4.79 Å². The van der Waals surface area contributed by atoms with E-state index in [-0.39, 0.29) is 5.56 Å². The Labute approximate surface area is 181 Å². The van der Waals surface area contributed by atoms with Gasteiger partial charge in [-0.15, -0.1) is 0 Å². The summed E-state index contributed by atoms with van der Waals surface area (Å²) in [6, 6.07) is 21.8. The highest BCUT2D eigenvalue weighted by molar-refractivity contribution is 5.83. The topological polar surface area (TPSA) is 74.2 Å². The number of hydrogen-bond donors (Lipinski definition) is 3. The second kappa shape index (κ2) is 9.80. The van der Waals surface area contributed by atoms with E-state index >= 15 is 0 Å². The number of para-hydroxylation sites is 1. The van der Waals surface area contributed by atoms with Gasteiger partial charge in [0.15, 0.2) is 5.96 Å². The third-order valence-electron chi connectivity index (χ3n) is 5.32. The number of guanidine groups is 1. The first-order chi connectivity index (χ1) is 15.2. The molecule has 4 rings (SSSR count). The molecule has 2 aromatic carbocycles. The molecule has 2 heterocycles. The van der Waals surface area contributed by atoms with Gasteiger partial charge in [0.1, 0.15) is 0 Å². The summed E-state index contributed by atoms with van der Waals surface area (Å²) in [5, 5.41) is 8.01. The number of pyridine rings is 1. The minimum Gasteiger partial charge on any atom is -0.361 e. The maximum atomic E-state index is 11.9. The number of H-pyrrole nitrogens is 1. The maximum absolute atomic E-state index is 11.9. The molecule has 0 unspecified atom stereocenters. The molecule has 6 heteroatoms. The molecular formula is C25H27N5O. The fourth-order valence-corrected chi connectivity index (χ4v) is 3.61. The van der Waals surface area contributed by atoms with E-state index in [2.05, 4.69) is 69.3 Å². The average Bonchev–Trinajstić information content (AvgIpc) is 3.22. The minimum atomic E-state index is 0.00996. The number of fused-ring (bicyclic) bond motifs is 1. The summed E-state index contributed by atoms with van der Waals surface area (Å²) >= 11 is 0. The number of aromatic nitrogens is 2. The number of benzene rings is 2. The SMILES string of the molecule is CN=C(NCCc1c[nH]c2ccccc12)NCc1ccc(Cn2ccccc2=O)cc1. The van der Waals surface area contributed by atoms with Gasteiger partial charge in [0.25, 0.3) is 5.56 Å². The zero-order valence-corrected chi connectivity index (χ0v) is 17.6. The van der Waals surface area contributed by atoms with E-state index in [1.807, 2.05) is 18.3 Å². The maximum Gasteiger partial charge on any atom is 0.250 e. The molecule has 0 aliphatic rings. The van der Waals surface area contributed by atoms with Crippen molar-refractivity contribution in [1.29, 1.82) is 0 Å². The Morgan fingerprint density at radius 1 is 0.968 bits per heavy atom. The molecule has 2 aromatic heterocycles. The molecule has 0 aliphatic carbocycles. The molecule has 0 aliphatic heterocycles. The van der Waals surface area contributed by atoms with Gasteiger partial charge in [0.2, 0.25) is 0 Å². The lowest BCUT2D eigenvalue weighted by atomic mass is 10.1. The lowest BCUT2D eigenvalue weighted by Gasteiger charge is -2.12. The van der Waals surface area contributed by atoms with Crippen LogP contribution < -0.4 is 16.2 Å². The Bertz CT molecular complexity index is 1220. The van der Waals surface area contributed by atoms with Crippen LogP contribution in [0.2, 0.25) is 0 Å². The summed E-state index contributed by atoms with van der Waals surface area (Å²) < 4.78 is 1.70. The summed E-state index contributed by atoms with van der Waals surface area (Å²) in [4.78, 5) is 19.5.